The van der Waals surface area contributed by atoms with E-state index in [0.717, 1.165) is 27.8 Å². The summed E-state index contributed by atoms with van der Waals surface area (Å²) >= 11 is 1.34. The van der Waals surface area contributed by atoms with E-state index in [4.69, 9.17) is 4.74 Å². The number of rotatable bonds is 4. The molecule has 1 aliphatic rings. The van der Waals surface area contributed by atoms with Gasteiger partial charge in [0.25, 0.3) is 18.1 Å². The van der Waals surface area contributed by atoms with E-state index in [1.807, 2.05) is 0 Å². The number of nitrogens with zero attached hydrogens (tertiary/aromatic N) is 4. The van der Waals surface area contributed by atoms with E-state index in [9.17, 15) is 18.4 Å². The first-order chi connectivity index (χ1) is 15.5. The molecule has 1 aliphatic carbocycles. The third kappa shape index (κ3) is 4.33. The third-order valence-corrected chi connectivity index (χ3v) is 7.17. The number of fused-ring (bicyclic) bond motifs is 2. The smallest absolute Gasteiger partial charge is 0.341 e. The zero-order chi connectivity index (χ0) is 24.1. The van der Waals surface area contributed by atoms with Crippen molar-refractivity contribution in [2.75, 3.05) is 12.4 Å². The molecule has 1 N–H and O–H groups in total. The van der Waals surface area contributed by atoms with Crippen LogP contribution in [0.15, 0.2) is 6.07 Å². The molecule has 33 heavy (non-hydrogen) atoms. The molecule has 0 aromatic carbocycles. The molecule has 176 valence electrons. The quantitative estimate of drug-likeness (QED) is 0.551. The minimum absolute atomic E-state index is 0.0952. The van der Waals surface area contributed by atoms with Gasteiger partial charge in [-0.3, -0.25) is 4.79 Å². The molecule has 0 aliphatic heterocycles. The lowest BCUT2D eigenvalue weighted by atomic mass is 9.72. The maximum Gasteiger partial charge on any atom is 0.341 e. The summed E-state index contributed by atoms with van der Waals surface area (Å²) in [5.41, 5.74) is 1.28. The van der Waals surface area contributed by atoms with Crippen molar-refractivity contribution in [1.82, 2.24) is 19.6 Å². The number of nitrogens with one attached hydrogen (secondary N) is 1. The molecule has 8 nitrogen and oxygen atoms in total. The zero-order valence-corrected chi connectivity index (χ0v) is 19.8. The first kappa shape index (κ1) is 23.2. The fourth-order valence-corrected chi connectivity index (χ4v) is 5.47. The maximum absolute atomic E-state index is 13.4. The van der Waals surface area contributed by atoms with Gasteiger partial charge in [0.2, 0.25) is 5.82 Å². The molecule has 3 heterocycles. The van der Waals surface area contributed by atoms with Gasteiger partial charge in [0.15, 0.2) is 0 Å². The summed E-state index contributed by atoms with van der Waals surface area (Å²) in [6.45, 7) is 8.14. The van der Waals surface area contributed by atoms with Crippen LogP contribution >= 0.6 is 11.3 Å². The predicted octanol–water partition coefficient (Wildman–Crippen LogP) is 4.62. The third-order valence-electron chi connectivity index (χ3n) is 6.00. The van der Waals surface area contributed by atoms with E-state index in [1.165, 1.54) is 24.5 Å². The highest BCUT2D eigenvalue weighted by Gasteiger charge is 2.34. The number of carbonyl (C=O) groups excluding carboxylic acids is 2. The van der Waals surface area contributed by atoms with Gasteiger partial charge in [0.05, 0.1) is 12.7 Å². The van der Waals surface area contributed by atoms with Crippen molar-refractivity contribution in [2.24, 2.45) is 11.3 Å². The van der Waals surface area contributed by atoms with E-state index >= 15 is 0 Å². The molecule has 3 aromatic heterocycles. The van der Waals surface area contributed by atoms with Gasteiger partial charge in [-0.15, -0.1) is 16.4 Å². The standard InChI is InChI=1S/C22H25F2N5O3S/c1-10-8-13(16(23)24)29-21(25-10)26-17(28-29)18(30)27-19-15(20(31)32-5)12-7-6-11(22(2,3)4)9-14(12)33-19/h8,11,16H,6-7,9H2,1-5H3,(H,27,30)/t11-/m0/s1. The minimum atomic E-state index is -2.81. The average molecular weight is 478 g/mol. The minimum Gasteiger partial charge on any atom is -0.465 e. The summed E-state index contributed by atoms with van der Waals surface area (Å²) in [6.07, 6.45) is -0.365. The van der Waals surface area contributed by atoms with E-state index in [2.05, 4.69) is 41.2 Å². The summed E-state index contributed by atoms with van der Waals surface area (Å²) < 4.78 is 32.6. The number of methoxy groups -OCH3 is 1. The summed E-state index contributed by atoms with van der Waals surface area (Å²) in [7, 11) is 1.29. The molecule has 0 saturated heterocycles. The molecule has 1 amide bonds. The van der Waals surface area contributed by atoms with Crippen LogP contribution in [0.4, 0.5) is 13.8 Å². The second-order valence-electron chi connectivity index (χ2n) is 9.23. The Balaban J connectivity index is 1.69. The Morgan fingerprint density at radius 2 is 2.03 bits per heavy atom. The monoisotopic (exact) mass is 477 g/mol. The van der Waals surface area contributed by atoms with E-state index < -0.39 is 24.0 Å². The number of thiophene rings is 1. The number of anilines is 1. The van der Waals surface area contributed by atoms with E-state index in [-0.39, 0.29) is 17.0 Å². The summed E-state index contributed by atoms with van der Waals surface area (Å²) in [6, 6.07) is 1.20. The molecule has 0 radical (unpaired) electrons. The number of aromatic nitrogens is 4. The summed E-state index contributed by atoms with van der Waals surface area (Å²) in [4.78, 5) is 34.6. The molecular formula is C22H25F2N5O3S. The van der Waals surface area contributed by atoms with Gasteiger partial charge >= 0.3 is 5.97 Å². The van der Waals surface area contributed by atoms with Crippen molar-refractivity contribution in [3.05, 3.63) is 39.3 Å². The van der Waals surface area contributed by atoms with Gasteiger partial charge in [-0.1, -0.05) is 20.8 Å². The van der Waals surface area contributed by atoms with Crippen molar-refractivity contribution in [1.29, 1.82) is 0 Å². The van der Waals surface area contributed by atoms with E-state index in [0.29, 0.717) is 28.6 Å². The molecule has 0 spiro atoms. The van der Waals surface area contributed by atoms with Crippen LogP contribution in [0.2, 0.25) is 0 Å². The number of alkyl halides is 2. The normalized spacial score (nSPS) is 16.2. The molecule has 4 rings (SSSR count). The van der Waals surface area contributed by atoms with Crippen LogP contribution in [-0.4, -0.2) is 38.6 Å². The maximum atomic E-state index is 13.4. The van der Waals surface area contributed by atoms with Gasteiger partial charge in [-0.25, -0.2) is 18.6 Å². The highest BCUT2D eigenvalue weighted by atomic mass is 32.1. The highest BCUT2D eigenvalue weighted by Crippen LogP contribution is 2.44. The van der Waals surface area contributed by atoms with Crippen LogP contribution in [-0.2, 0) is 17.6 Å². The van der Waals surface area contributed by atoms with Gasteiger partial charge < -0.3 is 10.1 Å². The number of esters is 1. The molecule has 3 aromatic rings. The SMILES string of the molecule is COC(=O)c1c(NC(=O)c2nc3nc(C)cc(C(F)F)n3n2)sc2c1CC[C@H](C(C)(C)C)C2. The van der Waals surface area contributed by atoms with Crippen molar-refractivity contribution in [2.45, 2.75) is 53.4 Å². The van der Waals surface area contributed by atoms with Crippen LogP contribution in [0, 0.1) is 18.3 Å². The number of amides is 1. The average Bonchev–Trinajstić information content (AvgIpc) is 3.32. The second-order valence-corrected chi connectivity index (χ2v) is 10.3. The Morgan fingerprint density at radius 3 is 2.67 bits per heavy atom. The van der Waals surface area contributed by atoms with Crippen LogP contribution < -0.4 is 5.32 Å². The van der Waals surface area contributed by atoms with Crippen molar-refractivity contribution in [3.63, 3.8) is 0 Å². The van der Waals surface area contributed by atoms with Crippen molar-refractivity contribution >= 4 is 34.0 Å². The molecule has 0 unspecified atom stereocenters. The van der Waals surface area contributed by atoms with Crippen LogP contribution in [0.5, 0.6) is 0 Å². The highest BCUT2D eigenvalue weighted by molar-refractivity contribution is 7.17. The lowest BCUT2D eigenvalue weighted by Gasteiger charge is -2.33. The lowest BCUT2D eigenvalue weighted by molar-refractivity contribution is 0.0600. The largest absolute Gasteiger partial charge is 0.465 e. The van der Waals surface area contributed by atoms with Crippen LogP contribution in [0.3, 0.4) is 0 Å². The fraction of sp³-hybridized carbons (Fsp3) is 0.500. The number of ether oxygens (including phenoxy) is 1. The van der Waals surface area contributed by atoms with Crippen molar-refractivity contribution < 1.29 is 23.1 Å². The molecule has 0 fully saturated rings. The van der Waals surface area contributed by atoms with Gasteiger partial charge in [0.1, 0.15) is 10.7 Å². The molecule has 11 heteroatoms. The van der Waals surface area contributed by atoms with Crippen LogP contribution in [0.25, 0.3) is 5.78 Å². The number of hydrogen-bond donors (Lipinski definition) is 1. The molecule has 0 bridgehead atoms. The second kappa shape index (κ2) is 8.44. The Labute approximate surface area is 193 Å². The number of carbonyl (C=O) groups is 2. The lowest BCUT2D eigenvalue weighted by Crippen LogP contribution is -2.26. The van der Waals surface area contributed by atoms with Crippen LogP contribution in [0.1, 0.15) is 76.4 Å². The first-order valence-electron chi connectivity index (χ1n) is 10.6. The zero-order valence-electron chi connectivity index (χ0n) is 19.0. The number of halogens is 2. The Morgan fingerprint density at radius 1 is 1.30 bits per heavy atom. The predicted molar refractivity (Wildman–Crippen MR) is 119 cm³/mol. The van der Waals surface area contributed by atoms with Gasteiger partial charge in [-0.05, 0) is 49.1 Å². The summed E-state index contributed by atoms with van der Waals surface area (Å²) in [5, 5.41) is 6.98. The van der Waals surface area contributed by atoms with Gasteiger partial charge in [0, 0.05) is 10.6 Å². The fourth-order valence-electron chi connectivity index (χ4n) is 4.16. The molecule has 0 saturated carbocycles. The number of aryl methyl sites for hydroxylation is 1. The molecular weight excluding hydrogens is 452 g/mol. The van der Waals surface area contributed by atoms with Gasteiger partial charge in [-0.2, -0.15) is 9.50 Å². The topological polar surface area (TPSA) is 98.5 Å². The molecule has 1 atom stereocenters. The summed E-state index contributed by atoms with van der Waals surface area (Å²) in [5.74, 6) is -1.21. The Kier molecular flexibility index (Phi) is 5.94. The number of hydrogen-bond acceptors (Lipinski definition) is 7. The van der Waals surface area contributed by atoms with Crippen molar-refractivity contribution in [3.8, 4) is 0 Å². The first-order valence-corrected chi connectivity index (χ1v) is 11.4. The van der Waals surface area contributed by atoms with E-state index in [1.54, 1.807) is 6.92 Å². The Hall–Kier alpha value is -2.95. The Bertz CT molecular complexity index is 1250.